The van der Waals surface area contributed by atoms with E-state index in [1.807, 2.05) is 12.1 Å². The van der Waals surface area contributed by atoms with Crippen LogP contribution in [0.4, 0.5) is 15.8 Å². The molecule has 0 bridgehead atoms. The fourth-order valence-corrected chi connectivity index (χ4v) is 3.42. The minimum atomic E-state index is -0.181. The highest BCUT2D eigenvalue weighted by Gasteiger charge is 2.22. The van der Waals surface area contributed by atoms with Gasteiger partial charge in [-0.05, 0) is 12.1 Å². The van der Waals surface area contributed by atoms with Crippen LogP contribution < -0.4 is 24.6 Å². The van der Waals surface area contributed by atoms with Gasteiger partial charge in [0.25, 0.3) is 0 Å². The van der Waals surface area contributed by atoms with Crippen LogP contribution >= 0.6 is 0 Å². The second-order valence-corrected chi connectivity index (χ2v) is 6.84. The predicted octanol–water partition coefficient (Wildman–Crippen LogP) is 1.58. The Morgan fingerprint density at radius 2 is 1.75 bits per heavy atom. The standard InChI is InChI=1S/C21H26FN3O3/c1-27-17-13-16(14-18(15-17)28-2)23-21(26)7-8-24-9-11-25(12-10-24)20-6-4-3-5-19(20)22/h3-6,13-15H,7-12H2,1-2H3,(H,23,26)/p+1. The number of anilines is 2. The summed E-state index contributed by atoms with van der Waals surface area (Å²) >= 11 is 0. The molecule has 0 unspecified atom stereocenters. The van der Waals surface area contributed by atoms with Crippen molar-refractivity contribution in [2.45, 2.75) is 6.42 Å². The molecule has 0 radical (unpaired) electrons. The number of carbonyl (C=O) groups is 1. The van der Waals surface area contributed by atoms with Crippen LogP contribution in [0.2, 0.25) is 0 Å². The van der Waals surface area contributed by atoms with E-state index in [-0.39, 0.29) is 11.7 Å². The van der Waals surface area contributed by atoms with Crippen molar-refractivity contribution in [2.75, 3.05) is 57.2 Å². The van der Waals surface area contributed by atoms with Gasteiger partial charge in [0.15, 0.2) is 0 Å². The number of halogens is 1. The molecule has 2 aromatic rings. The van der Waals surface area contributed by atoms with Crippen LogP contribution in [-0.4, -0.2) is 52.9 Å². The second kappa shape index (κ2) is 9.41. The minimum absolute atomic E-state index is 0.0423. The molecule has 0 saturated carbocycles. The molecule has 1 aliphatic heterocycles. The molecular weight excluding hydrogens is 361 g/mol. The molecular formula is C21H27FN3O3+. The first-order valence-corrected chi connectivity index (χ1v) is 9.45. The third-order valence-corrected chi connectivity index (χ3v) is 5.00. The average molecular weight is 388 g/mol. The molecule has 0 spiro atoms. The predicted molar refractivity (Wildman–Crippen MR) is 107 cm³/mol. The lowest BCUT2D eigenvalue weighted by Crippen LogP contribution is -3.15. The van der Waals surface area contributed by atoms with Gasteiger partial charge in [-0.15, -0.1) is 0 Å². The molecule has 7 heteroatoms. The van der Waals surface area contributed by atoms with Crippen molar-refractivity contribution in [1.82, 2.24) is 0 Å². The van der Waals surface area contributed by atoms with Crippen molar-refractivity contribution in [3.63, 3.8) is 0 Å². The lowest BCUT2D eigenvalue weighted by molar-refractivity contribution is -0.900. The topological polar surface area (TPSA) is 55.2 Å². The van der Waals surface area contributed by atoms with Crippen molar-refractivity contribution in [3.05, 3.63) is 48.3 Å². The minimum Gasteiger partial charge on any atom is -0.497 e. The molecule has 1 amide bonds. The summed E-state index contributed by atoms with van der Waals surface area (Å²) in [7, 11) is 3.15. The van der Waals surface area contributed by atoms with Gasteiger partial charge in [-0.3, -0.25) is 4.79 Å². The molecule has 1 fully saturated rings. The van der Waals surface area contributed by atoms with Gasteiger partial charge in [0.1, 0.15) is 17.3 Å². The van der Waals surface area contributed by atoms with Crippen LogP contribution in [0, 0.1) is 5.82 Å². The fourth-order valence-electron chi connectivity index (χ4n) is 3.42. The van der Waals surface area contributed by atoms with Crippen molar-refractivity contribution >= 4 is 17.3 Å². The van der Waals surface area contributed by atoms with E-state index in [1.54, 1.807) is 38.5 Å². The largest absolute Gasteiger partial charge is 0.497 e. The normalized spacial score (nSPS) is 14.6. The lowest BCUT2D eigenvalue weighted by atomic mass is 10.2. The van der Waals surface area contributed by atoms with Crippen LogP contribution in [-0.2, 0) is 4.79 Å². The summed E-state index contributed by atoms with van der Waals surface area (Å²) in [4.78, 5) is 15.7. The van der Waals surface area contributed by atoms with Gasteiger partial charge in [-0.25, -0.2) is 4.39 Å². The maximum Gasteiger partial charge on any atom is 0.230 e. The summed E-state index contributed by atoms with van der Waals surface area (Å²) in [6.45, 7) is 4.08. The number of hydrogen-bond acceptors (Lipinski definition) is 4. The number of rotatable bonds is 7. The Balaban J connectivity index is 1.46. The SMILES string of the molecule is COc1cc(NC(=O)CC[NH+]2CCN(c3ccccc3F)CC2)cc(OC)c1. The first kappa shape index (κ1) is 19.9. The summed E-state index contributed by atoms with van der Waals surface area (Å²) < 4.78 is 24.4. The molecule has 6 nitrogen and oxygen atoms in total. The van der Waals surface area contributed by atoms with E-state index >= 15 is 0 Å². The van der Waals surface area contributed by atoms with E-state index in [9.17, 15) is 9.18 Å². The van der Waals surface area contributed by atoms with Crippen molar-refractivity contribution in [2.24, 2.45) is 0 Å². The van der Waals surface area contributed by atoms with Gasteiger partial charge >= 0.3 is 0 Å². The Hall–Kier alpha value is -2.80. The van der Waals surface area contributed by atoms with Crippen LogP contribution in [0.3, 0.4) is 0 Å². The van der Waals surface area contributed by atoms with E-state index in [0.29, 0.717) is 29.3 Å². The number of amides is 1. The summed E-state index contributed by atoms with van der Waals surface area (Å²) in [6.07, 6.45) is 0.425. The summed E-state index contributed by atoms with van der Waals surface area (Å²) in [5, 5.41) is 2.90. The fraction of sp³-hybridized carbons (Fsp3) is 0.381. The van der Waals surface area contributed by atoms with E-state index in [0.717, 1.165) is 32.7 Å². The number of methoxy groups -OCH3 is 2. The Bertz CT molecular complexity index is 785. The number of para-hydroxylation sites is 1. The molecule has 2 aromatic carbocycles. The van der Waals surface area contributed by atoms with Gasteiger partial charge in [0.05, 0.1) is 59.1 Å². The third kappa shape index (κ3) is 5.13. The number of piperazine rings is 1. The van der Waals surface area contributed by atoms with Crippen molar-refractivity contribution < 1.29 is 23.6 Å². The van der Waals surface area contributed by atoms with Gasteiger partial charge in [0, 0.05) is 23.9 Å². The first-order chi connectivity index (χ1) is 13.6. The van der Waals surface area contributed by atoms with E-state index in [2.05, 4.69) is 10.2 Å². The molecule has 1 saturated heterocycles. The molecule has 3 rings (SSSR count). The van der Waals surface area contributed by atoms with Crippen molar-refractivity contribution in [3.8, 4) is 11.5 Å². The number of hydrogen-bond donors (Lipinski definition) is 2. The highest BCUT2D eigenvalue weighted by molar-refractivity contribution is 5.91. The maximum atomic E-state index is 13.9. The molecule has 0 aromatic heterocycles. The average Bonchev–Trinajstić information content (AvgIpc) is 2.72. The zero-order chi connectivity index (χ0) is 19.9. The molecule has 28 heavy (non-hydrogen) atoms. The molecule has 150 valence electrons. The smallest absolute Gasteiger partial charge is 0.230 e. The number of carbonyl (C=O) groups excluding carboxylic acids is 1. The number of nitrogens with zero attached hydrogens (tertiary/aromatic N) is 1. The monoisotopic (exact) mass is 388 g/mol. The summed E-state index contributed by atoms with van der Waals surface area (Å²) in [6, 6.07) is 12.2. The van der Waals surface area contributed by atoms with Crippen LogP contribution in [0.1, 0.15) is 6.42 Å². The lowest BCUT2D eigenvalue weighted by Gasteiger charge is -2.33. The van der Waals surface area contributed by atoms with E-state index < -0.39 is 0 Å². The molecule has 1 aliphatic rings. The molecule has 0 aliphatic carbocycles. The highest BCUT2D eigenvalue weighted by atomic mass is 19.1. The molecule has 0 atom stereocenters. The summed E-state index contributed by atoms with van der Waals surface area (Å²) in [5.74, 6) is 1.03. The van der Waals surface area contributed by atoms with Crippen LogP contribution in [0.25, 0.3) is 0 Å². The van der Waals surface area contributed by atoms with E-state index in [4.69, 9.17) is 9.47 Å². The number of benzene rings is 2. The number of nitrogens with one attached hydrogen (secondary N) is 2. The Kier molecular flexibility index (Phi) is 6.71. The van der Waals surface area contributed by atoms with Crippen molar-refractivity contribution in [1.29, 1.82) is 0 Å². The quantitative estimate of drug-likeness (QED) is 0.756. The Morgan fingerprint density at radius 3 is 2.36 bits per heavy atom. The number of ether oxygens (including phenoxy) is 2. The van der Waals surface area contributed by atoms with E-state index in [1.165, 1.54) is 11.0 Å². The Morgan fingerprint density at radius 1 is 1.11 bits per heavy atom. The van der Waals surface area contributed by atoms with Crippen LogP contribution in [0.15, 0.2) is 42.5 Å². The van der Waals surface area contributed by atoms with Gasteiger partial charge < -0.3 is 24.6 Å². The Labute approximate surface area is 164 Å². The second-order valence-electron chi connectivity index (χ2n) is 6.84. The highest BCUT2D eigenvalue weighted by Crippen LogP contribution is 2.25. The zero-order valence-electron chi connectivity index (χ0n) is 16.3. The van der Waals surface area contributed by atoms with Crippen LogP contribution in [0.5, 0.6) is 11.5 Å². The molecule has 1 heterocycles. The third-order valence-electron chi connectivity index (χ3n) is 5.00. The van der Waals surface area contributed by atoms with Gasteiger partial charge in [-0.2, -0.15) is 0 Å². The number of quaternary nitrogens is 1. The van der Waals surface area contributed by atoms with Gasteiger partial charge in [-0.1, -0.05) is 12.1 Å². The molecule has 2 N–H and O–H groups in total. The summed E-state index contributed by atoms with van der Waals surface area (Å²) in [5.41, 5.74) is 1.31. The first-order valence-electron chi connectivity index (χ1n) is 9.45. The zero-order valence-corrected chi connectivity index (χ0v) is 16.3. The maximum absolute atomic E-state index is 13.9. The van der Waals surface area contributed by atoms with Gasteiger partial charge in [0.2, 0.25) is 5.91 Å².